The van der Waals surface area contributed by atoms with E-state index in [0.717, 1.165) is 79.3 Å². The summed E-state index contributed by atoms with van der Waals surface area (Å²) >= 11 is 0. The fraction of sp³-hybridized carbons (Fsp3) is 0.538. The molecule has 3 aromatic heterocycles. The van der Waals surface area contributed by atoms with E-state index in [1.807, 2.05) is 45.2 Å². The minimum absolute atomic E-state index is 0.321. The Morgan fingerprint density at radius 1 is 1.05 bits per heavy atom. The molecule has 3 N–H and O–H groups in total. The zero-order valence-corrected chi connectivity index (χ0v) is 21.8. The number of nitrogens with zero attached hydrogens (tertiary/aromatic N) is 8. The maximum atomic E-state index is 10.4. The predicted molar refractivity (Wildman–Crippen MR) is 143 cm³/mol. The summed E-state index contributed by atoms with van der Waals surface area (Å²) in [6, 6.07) is 7.85. The van der Waals surface area contributed by atoms with Crippen molar-refractivity contribution < 1.29 is 9.84 Å². The van der Waals surface area contributed by atoms with Crippen LogP contribution in [0.25, 0.3) is 28.0 Å². The SMILES string of the molecule is Cn1c(CN2CCC(C(C)(C)O)CC2)nc2c(N3CCOCC3)nc(-n3nc(N)c4ccccc43)nc21. The van der Waals surface area contributed by atoms with E-state index in [0.29, 0.717) is 30.9 Å². The normalized spacial score (nSPS) is 18.3. The fourth-order valence-electron chi connectivity index (χ4n) is 5.55. The molecule has 0 atom stereocenters. The number of para-hydroxylation sites is 1. The maximum absolute atomic E-state index is 10.4. The molecular weight excluding hydrogens is 470 g/mol. The number of anilines is 2. The Balaban J connectivity index is 1.40. The number of nitrogen functional groups attached to an aromatic ring is 1. The van der Waals surface area contributed by atoms with Crippen molar-refractivity contribution in [2.24, 2.45) is 13.0 Å². The number of piperidine rings is 1. The third kappa shape index (κ3) is 4.41. The van der Waals surface area contributed by atoms with Crippen molar-refractivity contribution in [2.45, 2.75) is 38.8 Å². The van der Waals surface area contributed by atoms with Gasteiger partial charge in [0.25, 0.3) is 5.95 Å². The molecule has 11 nitrogen and oxygen atoms in total. The first-order valence-electron chi connectivity index (χ1n) is 13.0. The van der Waals surface area contributed by atoms with E-state index >= 15 is 0 Å². The Hall–Kier alpha value is -3.28. The van der Waals surface area contributed by atoms with Crippen LogP contribution >= 0.6 is 0 Å². The Kier molecular flexibility index (Phi) is 6.01. The summed E-state index contributed by atoms with van der Waals surface area (Å²) in [7, 11) is 2.02. The van der Waals surface area contributed by atoms with Gasteiger partial charge in [-0.1, -0.05) is 12.1 Å². The first-order chi connectivity index (χ1) is 17.8. The van der Waals surface area contributed by atoms with Crippen molar-refractivity contribution in [3.05, 3.63) is 30.1 Å². The van der Waals surface area contributed by atoms with Crippen LogP contribution in [-0.4, -0.2) is 84.3 Å². The van der Waals surface area contributed by atoms with Crippen molar-refractivity contribution in [1.82, 2.24) is 34.2 Å². The first-order valence-corrected chi connectivity index (χ1v) is 13.0. The molecule has 0 amide bonds. The van der Waals surface area contributed by atoms with E-state index in [9.17, 15) is 5.11 Å². The largest absolute Gasteiger partial charge is 0.390 e. The van der Waals surface area contributed by atoms with Crippen LogP contribution in [0.15, 0.2) is 24.3 Å². The van der Waals surface area contributed by atoms with Crippen LogP contribution in [0.2, 0.25) is 0 Å². The van der Waals surface area contributed by atoms with E-state index in [-0.39, 0.29) is 0 Å². The third-order valence-corrected chi connectivity index (χ3v) is 7.85. The van der Waals surface area contributed by atoms with Crippen molar-refractivity contribution >= 4 is 33.7 Å². The number of hydrogen-bond donors (Lipinski definition) is 2. The van der Waals surface area contributed by atoms with Crippen LogP contribution in [-0.2, 0) is 18.3 Å². The highest BCUT2D eigenvalue weighted by molar-refractivity contribution is 5.90. The number of aliphatic hydroxyl groups is 1. The van der Waals surface area contributed by atoms with Crippen molar-refractivity contribution in [1.29, 1.82) is 0 Å². The van der Waals surface area contributed by atoms with Crippen molar-refractivity contribution in [3.8, 4) is 5.95 Å². The zero-order chi connectivity index (χ0) is 25.7. The number of aromatic nitrogens is 6. The summed E-state index contributed by atoms with van der Waals surface area (Å²) < 4.78 is 9.40. The predicted octanol–water partition coefficient (Wildman–Crippen LogP) is 2.10. The van der Waals surface area contributed by atoms with Gasteiger partial charge in [-0.15, -0.1) is 5.10 Å². The molecule has 6 rings (SSSR count). The molecule has 0 bridgehead atoms. The molecule has 196 valence electrons. The van der Waals surface area contributed by atoms with Crippen molar-refractivity contribution in [3.63, 3.8) is 0 Å². The van der Waals surface area contributed by atoms with Gasteiger partial charge in [0.2, 0.25) is 0 Å². The standard InChI is InChI=1S/C26H35N9O2/c1-26(2,36)17-8-10-33(11-9-17)16-20-28-21-23(32(20)3)29-25(30-24(21)34-12-14-37-15-13-34)35-19-7-5-4-6-18(19)22(27)31-35/h4-7,17,36H,8-16H2,1-3H3,(H2,27,31). The van der Waals surface area contributed by atoms with Gasteiger partial charge in [-0.05, 0) is 57.8 Å². The molecular formula is C26H35N9O2. The number of morpholine rings is 1. The molecule has 2 aliphatic rings. The average molecular weight is 506 g/mol. The summed E-state index contributed by atoms with van der Waals surface area (Å²) in [5, 5.41) is 15.9. The quantitative estimate of drug-likeness (QED) is 0.420. The van der Waals surface area contributed by atoms with Gasteiger partial charge in [0.05, 0.1) is 30.9 Å². The summed E-state index contributed by atoms with van der Waals surface area (Å²) in [6.45, 7) is 9.20. The molecule has 11 heteroatoms. The monoisotopic (exact) mass is 505 g/mol. The topological polar surface area (TPSA) is 123 Å². The van der Waals surface area contributed by atoms with Gasteiger partial charge < -0.3 is 25.0 Å². The lowest BCUT2D eigenvalue weighted by Crippen LogP contribution is -2.41. The Morgan fingerprint density at radius 3 is 2.51 bits per heavy atom. The van der Waals surface area contributed by atoms with Crippen LogP contribution in [0.4, 0.5) is 11.6 Å². The Morgan fingerprint density at radius 2 is 1.78 bits per heavy atom. The second kappa shape index (κ2) is 9.23. The highest BCUT2D eigenvalue weighted by Gasteiger charge is 2.31. The molecule has 4 aromatic rings. The van der Waals surface area contributed by atoms with Gasteiger partial charge in [0.15, 0.2) is 22.8 Å². The van der Waals surface area contributed by atoms with E-state index in [1.54, 1.807) is 4.68 Å². The summed E-state index contributed by atoms with van der Waals surface area (Å²) in [4.78, 5) is 19.6. The molecule has 5 heterocycles. The maximum Gasteiger partial charge on any atom is 0.255 e. The number of rotatable bonds is 5. The smallest absolute Gasteiger partial charge is 0.255 e. The van der Waals surface area contributed by atoms with Crippen LogP contribution in [0, 0.1) is 5.92 Å². The van der Waals surface area contributed by atoms with Gasteiger partial charge >= 0.3 is 0 Å². The summed E-state index contributed by atoms with van der Waals surface area (Å²) in [5.74, 6) is 2.99. The number of fused-ring (bicyclic) bond motifs is 2. The van der Waals surface area contributed by atoms with Crippen molar-refractivity contribution in [2.75, 3.05) is 50.0 Å². The van der Waals surface area contributed by atoms with Crippen LogP contribution in [0.3, 0.4) is 0 Å². The van der Waals surface area contributed by atoms with Crippen LogP contribution in [0.1, 0.15) is 32.5 Å². The molecule has 0 saturated carbocycles. The number of nitrogens with two attached hydrogens (primary N) is 1. The molecule has 37 heavy (non-hydrogen) atoms. The zero-order valence-electron chi connectivity index (χ0n) is 21.8. The number of hydrogen-bond acceptors (Lipinski definition) is 9. The summed E-state index contributed by atoms with van der Waals surface area (Å²) in [5.41, 5.74) is 8.02. The number of aryl methyl sites for hydroxylation is 1. The number of ether oxygens (including phenoxy) is 1. The molecule has 0 spiro atoms. The first kappa shape index (κ1) is 24.1. The lowest BCUT2D eigenvalue weighted by molar-refractivity contribution is -0.0139. The van der Waals surface area contributed by atoms with Gasteiger partial charge in [-0.2, -0.15) is 14.6 Å². The van der Waals surface area contributed by atoms with E-state index in [4.69, 9.17) is 25.4 Å². The number of benzene rings is 1. The minimum atomic E-state index is -0.636. The molecule has 0 aliphatic carbocycles. The van der Waals surface area contributed by atoms with Gasteiger partial charge in [-0.3, -0.25) is 4.90 Å². The Labute approximate surface area is 215 Å². The van der Waals surface area contributed by atoms with E-state index in [2.05, 4.69) is 19.5 Å². The molecule has 1 aromatic carbocycles. The van der Waals surface area contributed by atoms with Crippen LogP contribution in [0.5, 0.6) is 0 Å². The fourth-order valence-corrected chi connectivity index (χ4v) is 5.55. The van der Waals surface area contributed by atoms with Gasteiger partial charge in [-0.25, -0.2) is 4.98 Å². The minimum Gasteiger partial charge on any atom is -0.390 e. The van der Waals surface area contributed by atoms with Crippen LogP contribution < -0.4 is 10.6 Å². The molecule has 0 radical (unpaired) electrons. The highest BCUT2D eigenvalue weighted by atomic mass is 16.5. The second-order valence-corrected chi connectivity index (χ2v) is 10.7. The van der Waals surface area contributed by atoms with Gasteiger partial charge in [0.1, 0.15) is 5.82 Å². The molecule has 2 fully saturated rings. The number of likely N-dealkylation sites (tertiary alicyclic amines) is 1. The second-order valence-electron chi connectivity index (χ2n) is 10.7. The number of imidazole rings is 1. The average Bonchev–Trinajstić information content (AvgIpc) is 3.40. The lowest BCUT2D eigenvalue weighted by atomic mass is 9.83. The Bertz CT molecular complexity index is 1420. The molecule has 2 saturated heterocycles. The van der Waals surface area contributed by atoms with E-state index in [1.165, 1.54) is 0 Å². The lowest BCUT2D eigenvalue weighted by Gasteiger charge is -2.37. The highest BCUT2D eigenvalue weighted by Crippen LogP contribution is 2.31. The summed E-state index contributed by atoms with van der Waals surface area (Å²) in [6.07, 6.45) is 1.95. The van der Waals surface area contributed by atoms with E-state index < -0.39 is 5.60 Å². The molecule has 0 unspecified atom stereocenters. The van der Waals surface area contributed by atoms with Gasteiger partial charge in [0, 0.05) is 25.5 Å². The molecule has 2 aliphatic heterocycles. The third-order valence-electron chi connectivity index (χ3n) is 7.85.